The normalized spacial score (nSPS) is 10.6. The first kappa shape index (κ1) is 12.3. The lowest BCUT2D eigenvalue weighted by atomic mass is 10.3. The Morgan fingerprint density at radius 2 is 1.94 bits per heavy atom. The third-order valence-corrected chi connectivity index (χ3v) is 2.85. The van der Waals surface area contributed by atoms with Gasteiger partial charge in [0.25, 0.3) is 11.5 Å². The molecule has 0 aliphatic heterocycles. The smallest absolute Gasteiger partial charge is 0.280 e. The van der Waals surface area contributed by atoms with E-state index in [9.17, 15) is 9.59 Å². The highest BCUT2D eigenvalue weighted by atomic mass is 16.2. The largest absolute Gasteiger partial charge is 0.338 e. The van der Waals surface area contributed by atoms with Crippen LogP contribution in [0, 0.1) is 0 Å². The molecule has 2 rings (SSSR count). The minimum absolute atomic E-state index is 0.0441. The summed E-state index contributed by atoms with van der Waals surface area (Å²) in [5.41, 5.74) is 0.772. The Hall–Kier alpha value is -2.17. The van der Waals surface area contributed by atoms with Crippen LogP contribution in [0.2, 0.25) is 0 Å². The molecule has 0 aliphatic rings. The molecule has 1 amide bonds. The lowest BCUT2D eigenvalue weighted by Crippen LogP contribution is -2.35. The van der Waals surface area contributed by atoms with Gasteiger partial charge in [-0.25, -0.2) is 4.98 Å². The number of H-pyrrole nitrogens is 1. The van der Waals surface area contributed by atoms with Crippen LogP contribution in [0.5, 0.6) is 0 Å². The molecule has 5 nitrogen and oxygen atoms in total. The van der Waals surface area contributed by atoms with Crippen LogP contribution in [0.25, 0.3) is 11.0 Å². The van der Waals surface area contributed by atoms with E-state index in [2.05, 4.69) is 9.97 Å². The van der Waals surface area contributed by atoms with Crippen molar-refractivity contribution in [1.29, 1.82) is 0 Å². The van der Waals surface area contributed by atoms with E-state index >= 15 is 0 Å². The highest BCUT2D eigenvalue weighted by Crippen LogP contribution is 2.07. The molecule has 1 N–H and O–H groups in total. The van der Waals surface area contributed by atoms with E-state index in [1.807, 2.05) is 26.0 Å². The Balaban J connectivity index is 2.54. The standard InChI is InChI=1S/C13H15N3O2/c1-3-16(4-2)13(18)11-12(17)15-10-8-6-5-7-9(10)14-11/h5-8H,3-4H2,1-2H3,(H,15,17). The summed E-state index contributed by atoms with van der Waals surface area (Å²) < 4.78 is 0. The topological polar surface area (TPSA) is 66.1 Å². The molecule has 2 aromatic rings. The lowest BCUT2D eigenvalue weighted by Gasteiger charge is -2.17. The van der Waals surface area contributed by atoms with E-state index in [4.69, 9.17) is 0 Å². The van der Waals surface area contributed by atoms with Crippen LogP contribution >= 0.6 is 0 Å². The summed E-state index contributed by atoms with van der Waals surface area (Å²) in [7, 11) is 0. The van der Waals surface area contributed by atoms with Crippen molar-refractivity contribution in [2.24, 2.45) is 0 Å². The van der Waals surface area contributed by atoms with Crippen molar-refractivity contribution in [1.82, 2.24) is 14.9 Å². The fourth-order valence-electron chi connectivity index (χ4n) is 1.84. The van der Waals surface area contributed by atoms with Gasteiger partial charge in [-0.05, 0) is 26.0 Å². The molecule has 0 aliphatic carbocycles. The predicted molar refractivity (Wildman–Crippen MR) is 69.6 cm³/mol. The van der Waals surface area contributed by atoms with Gasteiger partial charge in [-0.2, -0.15) is 0 Å². The summed E-state index contributed by atoms with van der Waals surface area (Å²) in [5.74, 6) is -0.327. The molecule has 1 aromatic heterocycles. The zero-order valence-corrected chi connectivity index (χ0v) is 10.4. The van der Waals surface area contributed by atoms with Gasteiger partial charge in [0.05, 0.1) is 11.0 Å². The molecule has 0 atom stereocenters. The summed E-state index contributed by atoms with van der Waals surface area (Å²) in [6, 6.07) is 7.16. The van der Waals surface area contributed by atoms with Gasteiger partial charge in [0.2, 0.25) is 0 Å². The van der Waals surface area contributed by atoms with Crippen molar-refractivity contribution in [3.8, 4) is 0 Å². The fraction of sp³-hybridized carbons (Fsp3) is 0.308. The van der Waals surface area contributed by atoms with Crippen LogP contribution in [0.15, 0.2) is 29.1 Å². The summed E-state index contributed by atoms with van der Waals surface area (Å²) in [4.78, 5) is 32.4. The van der Waals surface area contributed by atoms with Gasteiger partial charge in [0.15, 0.2) is 5.69 Å². The second-order valence-electron chi connectivity index (χ2n) is 3.91. The molecule has 0 unspecified atom stereocenters. The van der Waals surface area contributed by atoms with Gasteiger partial charge in [0, 0.05) is 13.1 Å². The number of aromatic amines is 1. The number of nitrogens with zero attached hydrogens (tertiary/aromatic N) is 2. The third kappa shape index (κ3) is 2.11. The lowest BCUT2D eigenvalue weighted by molar-refractivity contribution is 0.0765. The van der Waals surface area contributed by atoms with Crippen molar-refractivity contribution in [3.05, 3.63) is 40.3 Å². The monoisotopic (exact) mass is 245 g/mol. The summed E-state index contributed by atoms with van der Waals surface area (Å²) in [5, 5.41) is 0. The SMILES string of the molecule is CCN(CC)C(=O)c1nc2ccccc2[nH]c1=O. The second-order valence-corrected chi connectivity index (χ2v) is 3.91. The first-order valence-corrected chi connectivity index (χ1v) is 5.95. The maximum absolute atomic E-state index is 12.1. The average Bonchev–Trinajstić information content (AvgIpc) is 2.39. The van der Waals surface area contributed by atoms with Gasteiger partial charge < -0.3 is 9.88 Å². The minimum Gasteiger partial charge on any atom is -0.338 e. The Morgan fingerprint density at radius 1 is 1.28 bits per heavy atom. The van der Waals surface area contributed by atoms with Crippen molar-refractivity contribution in [2.45, 2.75) is 13.8 Å². The summed E-state index contributed by atoms with van der Waals surface area (Å²) >= 11 is 0. The Morgan fingerprint density at radius 3 is 2.61 bits per heavy atom. The number of carbonyl (C=O) groups excluding carboxylic acids is 1. The molecule has 1 heterocycles. The van der Waals surface area contributed by atoms with Crippen molar-refractivity contribution in [2.75, 3.05) is 13.1 Å². The van der Waals surface area contributed by atoms with Gasteiger partial charge in [0.1, 0.15) is 0 Å². The number of para-hydroxylation sites is 2. The summed E-state index contributed by atoms with van der Waals surface area (Å²) in [6.45, 7) is 4.86. The van der Waals surface area contributed by atoms with E-state index in [1.165, 1.54) is 0 Å². The molecule has 18 heavy (non-hydrogen) atoms. The number of benzene rings is 1. The van der Waals surface area contributed by atoms with Crippen LogP contribution in [0.1, 0.15) is 24.3 Å². The number of rotatable bonds is 3. The van der Waals surface area contributed by atoms with E-state index in [0.29, 0.717) is 24.1 Å². The maximum atomic E-state index is 12.1. The van der Waals surface area contributed by atoms with Gasteiger partial charge >= 0.3 is 0 Å². The molecule has 0 saturated heterocycles. The molecule has 0 fully saturated rings. The van der Waals surface area contributed by atoms with Crippen LogP contribution in [-0.4, -0.2) is 33.9 Å². The van der Waals surface area contributed by atoms with Crippen LogP contribution < -0.4 is 5.56 Å². The molecule has 5 heteroatoms. The number of aromatic nitrogens is 2. The van der Waals surface area contributed by atoms with E-state index in [-0.39, 0.29) is 11.6 Å². The van der Waals surface area contributed by atoms with Crippen LogP contribution in [0.3, 0.4) is 0 Å². The quantitative estimate of drug-likeness (QED) is 0.889. The molecular weight excluding hydrogens is 230 g/mol. The number of amides is 1. The van der Waals surface area contributed by atoms with E-state index in [1.54, 1.807) is 17.0 Å². The maximum Gasteiger partial charge on any atom is 0.280 e. The van der Waals surface area contributed by atoms with Crippen molar-refractivity contribution in [3.63, 3.8) is 0 Å². The number of fused-ring (bicyclic) bond motifs is 1. The van der Waals surface area contributed by atoms with E-state index < -0.39 is 5.56 Å². The second kappa shape index (κ2) is 5.00. The highest BCUT2D eigenvalue weighted by molar-refractivity contribution is 5.93. The number of nitrogens with one attached hydrogen (secondary N) is 1. The van der Waals surface area contributed by atoms with Gasteiger partial charge in [-0.1, -0.05) is 12.1 Å². The molecule has 0 saturated carbocycles. The average molecular weight is 245 g/mol. The third-order valence-electron chi connectivity index (χ3n) is 2.85. The molecule has 0 spiro atoms. The summed E-state index contributed by atoms with van der Waals surface area (Å²) in [6.07, 6.45) is 0. The molecule has 0 bridgehead atoms. The minimum atomic E-state index is -0.439. The van der Waals surface area contributed by atoms with Gasteiger partial charge in [-0.15, -0.1) is 0 Å². The van der Waals surface area contributed by atoms with Crippen LogP contribution in [-0.2, 0) is 0 Å². The van der Waals surface area contributed by atoms with Crippen LogP contribution in [0.4, 0.5) is 0 Å². The molecular formula is C13H15N3O2. The highest BCUT2D eigenvalue weighted by Gasteiger charge is 2.18. The first-order chi connectivity index (χ1) is 8.67. The zero-order valence-electron chi connectivity index (χ0n) is 10.4. The Labute approximate surface area is 104 Å². The first-order valence-electron chi connectivity index (χ1n) is 5.95. The molecule has 1 aromatic carbocycles. The predicted octanol–water partition coefficient (Wildman–Crippen LogP) is 1.41. The van der Waals surface area contributed by atoms with Crippen molar-refractivity contribution < 1.29 is 4.79 Å². The Kier molecular flexibility index (Phi) is 3.41. The molecule has 94 valence electrons. The number of hydrogen-bond donors (Lipinski definition) is 1. The zero-order chi connectivity index (χ0) is 13.1. The van der Waals surface area contributed by atoms with Crippen molar-refractivity contribution >= 4 is 16.9 Å². The van der Waals surface area contributed by atoms with Gasteiger partial charge in [-0.3, -0.25) is 9.59 Å². The fourth-order valence-corrected chi connectivity index (χ4v) is 1.84. The molecule has 0 radical (unpaired) electrons. The number of carbonyl (C=O) groups is 1. The Bertz CT molecular complexity index is 629. The number of hydrogen-bond acceptors (Lipinski definition) is 3. The van der Waals surface area contributed by atoms with E-state index in [0.717, 1.165) is 0 Å².